The van der Waals surface area contributed by atoms with E-state index in [-0.39, 0.29) is 0 Å². The average Bonchev–Trinajstić information content (AvgIpc) is 2.59. The van der Waals surface area contributed by atoms with E-state index in [9.17, 15) is 0 Å². The Morgan fingerprint density at radius 1 is 1.40 bits per heavy atom. The number of hydrogen-bond acceptors (Lipinski definition) is 3. The van der Waals surface area contributed by atoms with Crippen LogP contribution in [0.3, 0.4) is 0 Å². The van der Waals surface area contributed by atoms with Crippen molar-refractivity contribution in [3.8, 4) is 0 Å². The Labute approximate surface area is 90.4 Å². The van der Waals surface area contributed by atoms with Gasteiger partial charge in [0.15, 0.2) is 0 Å². The second kappa shape index (κ2) is 3.51. The van der Waals surface area contributed by atoms with Gasteiger partial charge in [0.2, 0.25) is 0 Å². The minimum absolute atomic E-state index is 0.747. The molecule has 0 atom stereocenters. The summed E-state index contributed by atoms with van der Waals surface area (Å²) in [5.74, 6) is 0.747. The number of hydrazine groups is 1. The molecule has 1 fully saturated rings. The van der Waals surface area contributed by atoms with Gasteiger partial charge in [-0.3, -0.25) is 0 Å². The van der Waals surface area contributed by atoms with Crippen molar-refractivity contribution in [3.63, 3.8) is 0 Å². The molecule has 1 aromatic rings. The molecule has 2 aliphatic heterocycles. The van der Waals surface area contributed by atoms with Crippen LogP contribution in [0.15, 0.2) is 18.2 Å². The van der Waals surface area contributed by atoms with Crippen LogP contribution in [0.2, 0.25) is 0 Å². The Hall–Kier alpha value is -1.06. The highest BCUT2D eigenvalue weighted by molar-refractivity contribution is 5.61. The first kappa shape index (κ1) is 9.19. The molecule has 0 unspecified atom stereocenters. The van der Waals surface area contributed by atoms with Gasteiger partial charge in [0.25, 0.3) is 0 Å². The van der Waals surface area contributed by atoms with Crippen molar-refractivity contribution in [2.24, 2.45) is 0 Å². The maximum absolute atomic E-state index is 3.35. The first-order valence-electron chi connectivity index (χ1n) is 5.67. The lowest BCUT2D eigenvalue weighted by Crippen LogP contribution is -2.40. The van der Waals surface area contributed by atoms with Gasteiger partial charge in [-0.2, -0.15) is 0 Å². The van der Waals surface area contributed by atoms with Gasteiger partial charge >= 0.3 is 0 Å². The smallest absolute Gasteiger partial charge is 0.0555 e. The van der Waals surface area contributed by atoms with E-state index in [2.05, 4.69) is 34.0 Å². The van der Waals surface area contributed by atoms with Crippen LogP contribution in [0.5, 0.6) is 0 Å². The van der Waals surface area contributed by atoms with E-state index in [1.807, 2.05) is 7.05 Å². The van der Waals surface area contributed by atoms with E-state index >= 15 is 0 Å². The van der Waals surface area contributed by atoms with Crippen LogP contribution in [0.4, 0.5) is 5.69 Å². The zero-order valence-electron chi connectivity index (χ0n) is 9.09. The Balaban J connectivity index is 1.99. The molecule has 1 saturated heterocycles. The molecule has 2 heterocycles. The molecule has 3 heteroatoms. The zero-order valence-corrected chi connectivity index (χ0v) is 9.09. The summed E-state index contributed by atoms with van der Waals surface area (Å²) in [4.78, 5) is 0. The van der Waals surface area contributed by atoms with Crippen LogP contribution in [0.25, 0.3) is 0 Å². The van der Waals surface area contributed by atoms with Crippen LogP contribution in [0, 0.1) is 0 Å². The second-order valence-electron chi connectivity index (χ2n) is 4.33. The SMILES string of the molecule is CNN1CCc2c(C3CNC3)cccc21. The fourth-order valence-electron chi connectivity index (χ4n) is 2.58. The number of nitrogens with zero attached hydrogens (tertiary/aromatic N) is 1. The molecule has 15 heavy (non-hydrogen) atoms. The third-order valence-electron chi connectivity index (χ3n) is 3.55. The Bertz CT molecular complexity index is 371. The van der Waals surface area contributed by atoms with Gasteiger partial charge in [0.05, 0.1) is 5.69 Å². The average molecular weight is 203 g/mol. The molecule has 0 bridgehead atoms. The van der Waals surface area contributed by atoms with Crippen molar-refractivity contribution in [2.45, 2.75) is 12.3 Å². The van der Waals surface area contributed by atoms with E-state index in [1.165, 1.54) is 12.1 Å². The van der Waals surface area contributed by atoms with Gasteiger partial charge in [-0.1, -0.05) is 12.1 Å². The van der Waals surface area contributed by atoms with Crippen LogP contribution < -0.4 is 15.8 Å². The molecule has 0 aromatic heterocycles. The van der Waals surface area contributed by atoms with Gasteiger partial charge < -0.3 is 10.3 Å². The minimum Gasteiger partial charge on any atom is -0.315 e. The minimum atomic E-state index is 0.747. The third-order valence-corrected chi connectivity index (χ3v) is 3.55. The number of hydrogen-bond donors (Lipinski definition) is 2. The normalized spacial score (nSPS) is 20.2. The lowest BCUT2D eigenvalue weighted by molar-refractivity contribution is 0.446. The van der Waals surface area contributed by atoms with Crippen molar-refractivity contribution >= 4 is 5.69 Å². The van der Waals surface area contributed by atoms with Gasteiger partial charge in [-0.05, 0) is 23.6 Å². The summed E-state index contributed by atoms with van der Waals surface area (Å²) in [5.41, 5.74) is 7.73. The summed E-state index contributed by atoms with van der Waals surface area (Å²) in [6, 6.07) is 6.69. The number of benzene rings is 1. The van der Waals surface area contributed by atoms with Gasteiger partial charge in [-0.15, -0.1) is 0 Å². The van der Waals surface area contributed by atoms with E-state index in [4.69, 9.17) is 0 Å². The summed E-state index contributed by atoms with van der Waals surface area (Å²) in [6.45, 7) is 3.40. The topological polar surface area (TPSA) is 27.3 Å². The zero-order chi connectivity index (χ0) is 10.3. The second-order valence-corrected chi connectivity index (χ2v) is 4.33. The fraction of sp³-hybridized carbons (Fsp3) is 0.500. The lowest BCUT2D eigenvalue weighted by Gasteiger charge is -2.29. The van der Waals surface area contributed by atoms with Crippen molar-refractivity contribution in [3.05, 3.63) is 29.3 Å². The summed E-state index contributed by atoms with van der Waals surface area (Å²) < 4.78 is 0. The first-order chi connectivity index (χ1) is 7.40. The number of nitrogens with one attached hydrogen (secondary N) is 2. The highest BCUT2D eigenvalue weighted by Gasteiger charge is 2.27. The van der Waals surface area contributed by atoms with Gasteiger partial charge in [0.1, 0.15) is 0 Å². The number of fused-ring (bicyclic) bond motifs is 1. The van der Waals surface area contributed by atoms with E-state index in [0.29, 0.717) is 0 Å². The molecule has 2 N–H and O–H groups in total. The van der Waals surface area contributed by atoms with Crippen molar-refractivity contribution in [1.82, 2.24) is 10.7 Å². The van der Waals surface area contributed by atoms with E-state index in [1.54, 1.807) is 11.1 Å². The molecule has 0 radical (unpaired) electrons. The predicted molar refractivity (Wildman–Crippen MR) is 62.2 cm³/mol. The highest BCUT2D eigenvalue weighted by Crippen LogP contribution is 2.34. The standard InChI is InChI=1S/C12H17N3/c1-13-15-6-5-11-10(9-7-14-8-9)3-2-4-12(11)15/h2-4,9,13-14H,5-8H2,1H3. The predicted octanol–water partition coefficient (Wildman–Crippen LogP) is 0.870. The molecule has 0 aliphatic carbocycles. The quantitative estimate of drug-likeness (QED) is 0.747. The van der Waals surface area contributed by atoms with Crippen LogP contribution in [-0.2, 0) is 6.42 Å². The summed E-state index contributed by atoms with van der Waals surface area (Å²) in [7, 11) is 1.99. The molecule has 2 aliphatic rings. The lowest BCUT2D eigenvalue weighted by atomic mass is 9.89. The molecule has 3 rings (SSSR count). The molecule has 0 spiro atoms. The van der Waals surface area contributed by atoms with Crippen molar-refractivity contribution < 1.29 is 0 Å². The fourth-order valence-corrected chi connectivity index (χ4v) is 2.58. The third kappa shape index (κ3) is 1.34. The molecule has 0 saturated carbocycles. The Kier molecular flexibility index (Phi) is 2.15. The molecule has 0 amide bonds. The summed E-state index contributed by atoms with van der Waals surface area (Å²) >= 11 is 0. The van der Waals surface area contributed by atoms with Crippen LogP contribution >= 0.6 is 0 Å². The summed E-state index contributed by atoms with van der Waals surface area (Å²) in [5, 5.41) is 5.59. The molecule has 80 valence electrons. The van der Waals surface area contributed by atoms with E-state index in [0.717, 1.165) is 25.6 Å². The van der Waals surface area contributed by atoms with Gasteiger partial charge in [-0.25, -0.2) is 5.43 Å². The van der Waals surface area contributed by atoms with E-state index < -0.39 is 0 Å². The van der Waals surface area contributed by atoms with Crippen LogP contribution in [-0.4, -0.2) is 26.7 Å². The largest absolute Gasteiger partial charge is 0.315 e. The maximum atomic E-state index is 3.35. The number of anilines is 1. The maximum Gasteiger partial charge on any atom is 0.0555 e. The number of rotatable bonds is 2. The van der Waals surface area contributed by atoms with Crippen molar-refractivity contribution in [2.75, 3.05) is 31.7 Å². The molecular weight excluding hydrogens is 186 g/mol. The highest BCUT2D eigenvalue weighted by atomic mass is 15.5. The van der Waals surface area contributed by atoms with Gasteiger partial charge in [0, 0.05) is 32.6 Å². The molecule has 3 nitrogen and oxygen atoms in total. The molecular formula is C12H17N3. The Morgan fingerprint density at radius 2 is 2.27 bits per heavy atom. The first-order valence-corrected chi connectivity index (χ1v) is 5.67. The van der Waals surface area contributed by atoms with Crippen molar-refractivity contribution in [1.29, 1.82) is 0 Å². The molecule has 1 aromatic carbocycles. The Morgan fingerprint density at radius 3 is 2.93 bits per heavy atom. The summed E-state index contributed by atoms with van der Waals surface area (Å²) in [6.07, 6.45) is 1.18. The monoisotopic (exact) mass is 203 g/mol. The van der Waals surface area contributed by atoms with Crippen LogP contribution in [0.1, 0.15) is 17.0 Å².